The number of aromatic nitrogens is 2. The Labute approximate surface area is 129 Å². The zero-order valence-electron chi connectivity index (χ0n) is 12.7. The van der Waals surface area contributed by atoms with Crippen molar-refractivity contribution in [2.24, 2.45) is 5.41 Å². The summed E-state index contributed by atoms with van der Waals surface area (Å²) in [6, 6.07) is 0. The van der Waals surface area contributed by atoms with E-state index in [-0.39, 0.29) is 11.5 Å². The first kappa shape index (κ1) is 16.6. The van der Waals surface area contributed by atoms with E-state index in [2.05, 4.69) is 65.6 Å². The summed E-state index contributed by atoms with van der Waals surface area (Å²) in [5.74, 6) is 1.67. The van der Waals surface area contributed by atoms with Crippen molar-refractivity contribution in [1.29, 1.82) is 0 Å². The second-order valence-corrected chi connectivity index (χ2v) is 6.64. The van der Waals surface area contributed by atoms with Crippen LogP contribution >= 0.6 is 22.6 Å². The molecule has 0 bridgehead atoms. The van der Waals surface area contributed by atoms with E-state index in [1.807, 2.05) is 13.8 Å². The van der Waals surface area contributed by atoms with Gasteiger partial charge in [-0.05, 0) is 48.8 Å². The highest BCUT2D eigenvalue weighted by Crippen LogP contribution is 2.35. The summed E-state index contributed by atoms with van der Waals surface area (Å²) in [5, 5.41) is 3.29. The lowest BCUT2D eigenvalue weighted by atomic mass is 9.88. The lowest BCUT2D eigenvalue weighted by Gasteiger charge is -2.29. The Balaban J connectivity index is 3.24. The van der Waals surface area contributed by atoms with Crippen LogP contribution in [0.3, 0.4) is 0 Å². The van der Waals surface area contributed by atoms with Crippen molar-refractivity contribution in [1.82, 2.24) is 9.97 Å². The van der Waals surface area contributed by atoms with E-state index in [1.54, 1.807) is 0 Å². The quantitative estimate of drug-likeness (QED) is 0.790. The van der Waals surface area contributed by atoms with Crippen molar-refractivity contribution < 1.29 is 4.74 Å². The lowest BCUT2D eigenvalue weighted by Crippen LogP contribution is -2.24. The van der Waals surface area contributed by atoms with Crippen LogP contribution in [0, 0.1) is 15.9 Å². The minimum absolute atomic E-state index is 0.0290. The van der Waals surface area contributed by atoms with Gasteiger partial charge in [0.25, 0.3) is 0 Å². The smallest absolute Gasteiger partial charge is 0.160 e. The molecule has 0 spiro atoms. The molecule has 0 saturated carbocycles. The van der Waals surface area contributed by atoms with Crippen molar-refractivity contribution in [3.05, 3.63) is 15.1 Å². The van der Waals surface area contributed by atoms with Gasteiger partial charge in [0.2, 0.25) is 0 Å². The van der Waals surface area contributed by atoms with Gasteiger partial charge in [-0.3, -0.25) is 0 Å². The van der Waals surface area contributed by atoms with Crippen LogP contribution in [0.1, 0.15) is 52.2 Å². The normalized spacial score (nSPS) is 13.4. The Morgan fingerprint density at radius 1 is 1.26 bits per heavy atom. The van der Waals surface area contributed by atoms with Crippen molar-refractivity contribution in [2.45, 2.75) is 47.6 Å². The van der Waals surface area contributed by atoms with Gasteiger partial charge in [-0.15, -0.1) is 0 Å². The molecule has 1 aromatic rings. The van der Waals surface area contributed by atoms with Gasteiger partial charge in [0, 0.05) is 13.2 Å². The van der Waals surface area contributed by atoms with Gasteiger partial charge in [-0.1, -0.05) is 20.8 Å². The van der Waals surface area contributed by atoms with Crippen molar-refractivity contribution in [2.75, 3.05) is 18.5 Å². The SMILES string of the molecule is CCNc1nc(C(OCC)C(C)(C)C)nc(C)c1I. The number of rotatable bonds is 5. The molecule has 0 aliphatic rings. The number of ether oxygens (including phenoxy) is 1. The maximum Gasteiger partial charge on any atom is 0.160 e. The summed E-state index contributed by atoms with van der Waals surface area (Å²) in [6.45, 7) is 14.0. The summed E-state index contributed by atoms with van der Waals surface area (Å²) in [7, 11) is 0. The van der Waals surface area contributed by atoms with Crippen LogP contribution in [0.15, 0.2) is 0 Å². The molecule has 1 aromatic heterocycles. The molecule has 4 nitrogen and oxygen atoms in total. The van der Waals surface area contributed by atoms with Crippen LogP contribution in [0.5, 0.6) is 0 Å². The zero-order valence-corrected chi connectivity index (χ0v) is 14.8. The highest BCUT2D eigenvalue weighted by atomic mass is 127. The molecule has 1 rings (SSSR count). The Morgan fingerprint density at radius 2 is 1.89 bits per heavy atom. The number of anilines is 1. The van der Waals surface area contributed by atoms with E-state index in [0.717, 1.165) is 27.5 Å². The maximum absolute atomic E-state index is 5.87. The molecule has 0 aromatic carbocycles. The average molecular weight is 377 g/mol. The van der Waals surface area contributed by atoms with Gasteiger partial charge in [-0.25, -0.2) is 9.97 Å². The van der Waals surface area contributed by atoms with Gasteiger partial charge in [-0.2, -0.15) is 0 Å². The second-order valence-electron chi connectivity index (χ2n) is 5.56. The third kappa shape index (κ3) is 4.27. The first-order valence-corrected chi connectivity index (χ1v) is 7.78. The van der Waals surface area contributed by atoms with Crippen LogP contribution in [-0.2, 0) is 4.74 Å². The van der Waals surface area contributed by atoms with Crippen LogP contribution in [0.4, 0.5) is 5.82 Å². The van der Waals surface area contributed by atoms with E-state index in [1.165, 1.54) is 0 Å². The fourth-order valence-corrected chi connectivity index (χ4v) is 2.29. The predicted molar refractivity (Wildman–Crippen MR) is 87.5 cm³/mol. The molecule has 0 saturated heterocycles. The molecule has 1 unspecified atom stereocenters. The summed E-state index contributed by atoms with van der Waals surface area (Å²) >= 11 is 2.28. The summed E-state index contributed by atoms with van der Waals surface area (Å²) in [6.07, 6.45) is -0.0920. The molecule has 108 valence electrons. The molecule has 0 amide bonds. The predicted octanol–water partition coefficient (Wildman–Crippen LogP) is 3.95. The van der Waals surface area contributed by atoms with E-state index in [0.29, 0.717) is 6.61 Å². The molecule has 0 fully saturated rings. The van der Waals surface area contributed by atoms with Crippen molar-refractivity contribution >= 4 is 28.4 Å². The lowest BCUT2D eigenvalue weighted by molar-refractivity contribution is -0.0191. The fourth-order valence-electron chi connectivity index (χ4n) is 1.86. The monoisotopic (exact) mass is 377 g/mol. The van der Waals surface area contributed by atoms with E-state index in [4.69, 9.17) is 4.74 Å². The molecule has 0 radical (unpaired) electrons. The molecule has 19 heavy (non-hydrogen) atoms. The molecule has 5 heteroatoms. The number of nitrogens with one attached hydrogen (secondary N) is 1. The van der Waals surface area contributed by atoms with Gasteiger partial charge in [0.1, 0.15) is 11.9 Å². The van der Waals surface area contributed by atoms with Crippen LogP contribution in [0.2, 0.25) is 0 Å². The first-order chi connectivity index (χ1) is 8.81. The number of aryl methyl sites for hydroxylation is 1. The fraction of sp³-hybridized carbons (Fsp3) is 0.714. The molecule has 1 heterocycles. The summed E-state index contributed by atoms with van der Waals surface area (Å²) < 4.78 is 6.94. The van der Waals surface area contributed by atoms with Crippen molar-refractivity contribution in [3.63, 3.8) is 0 Å². The number of hydrogen-bond donors (Lipinski definition) is 1. The summed E-state index contributed by atoms with van der Waals surface area (Å²) in [5.41, 5.74) is 0.967. The van der Waals surface area contributed by atoms with Crippen LogP contribution in [-0.4, -0.2) is 23.1 Å². The Bertz CT molecular complexity index is 429. The van der Waals surface area contributed by atoms with Gasteiger partial charge in [0.05, 0.1) is 9.26 Å². The topological polar surface area (TPSA) is 47.0 Å². The molecular formula is C14H24IN3O. The molecule has 0 aliphatic heterocycles. The molecule has 1 N–H and O–H groups in total. The average Bonchev–Trinajstić information content (AvgIpc) is 2.30. The molecule has 1 atom stereocenters. The van der Waals surface area contributed by atoms with Gasteiger partial charge < -0.3 is 10.1 Å². The molecule has 0 aliphatic carbocycles. The maximum atomic E-state index is 5.87. The van der Waals surface area contributed by atoms with Crippen LogP contribution in [0.25, 0.3) is 0 Å². The largest absolute Gasteiger partial charge is 0.370 e. The van der Waals surface area contributed by atoms with E-state index in [9.17, 15) is 0 Å². The third-order valence-electron chi connectivity index (χ3n) is 2.73. The Morgan fingerprint density at radius 3 is 2.37 bits per heavy atom. The summed E-state index contributed by atoms with van der Waals surface area (Å²) in [4.78, 5) is 9.27. The number of hydrogen-bond acceptors (Lipinski definition) is 4. The third-order valence-corrected chi connectivity index (χ3v) is 4.02. The van der Waals surface area contributed by atoms with E-state index < -0.39 is 0 Å². The highest BCUT2D eigenvalue weighted by Gasteiger charge is 2.30. The van der Waals surface area contributed by atoms with Gasteiger partial charge >= 0.3 is 0 Å². The first-order valence-electron chi connectivity index (χ1n) is 6.70. The van der Waals surface area contributed by atoms with Crippen LogP contribution < -0.4 is 5.32 Å². The Kier molecular flexibility index (Phi) is 5.98. The minimum atomic E-state index is -0.0920. The number of halogens is 1. The Hall–Kier alpha value is -0.430. The van der Waals surface area contributed by atoms with Crippen molar-refractivity contribution in [3.8, 4) is 0 Å². The van der Waals surface area contributed by atoms with E-state index >= 15 is 0 Å². The second kappa shape index (κ2) is 6.83. The van der Waals surface area contributed by atoms with Gasteiger partial charge in [0.15, 0.2) is 5.82 Å². The standard InChI is InChI=1S/C14H24IN3O/c1-7-16-12-10(15)9(3)17-13(18-12)11(19-8-2)14(4,5)6/h11H,7-8H2,1-6H3,(H,16,17,18). The minimum Gasteiger partial charge on any atom is -0.370 e. The zero-order chi connectivity index (χ0) is 14.6. The highest BCUT2D eigenvalue weighted by molar-refractivity contribution is 14.1. The molecular weight excluding hydrogens is 353 g/mol. The number of nitrogens with zero attached hydrogens (tertiary/aromatic N) is 2.